The monoisotopic (exact) mass is 347 g/mol. The molecule has 0 radical (unpaired) electrons. The van der Waals surface area contributed by atoms with Crippen molar-refractivity contribution in [1.29, 1.82) is 0 Å². The van der Waals surface area contributed by atoms with Crippen LogP contribution in [0.2, 0.25) is 0 Å². The fourth-order valence-corrected chi connectivity index (χ4v) is 2.59. The lowest BCUT2D eigenvalue weighted by Crippen LogP contribution is -2.47. The molecular weight excluding hydrogens is 325 g/mol. The first-order chi connectivity index (χ1) is 11.8. The highest BCUT2D eigenvalue weighted by Crippen LogP contribution is 2.09. The molecule has 1 fully saturated rings. The summed E-state index contributed by atoms with van der Waals surface area (Å²) in [6.45, 7) is 1.98. The van der Waals surface area contributed by atoms with Gasteiger partial charge in [-0.3, -0.25) is 14.9 Å². The van der Waals surface area contributed by atoms with Gasteiger partial charge in [-0.2, -0.15) is 0 Å². The van der Waals surface area contributed by atoms with Crippen molar-refractivity contribution in [3.05, 3.63) is 35.4 Å². The van der Waals surface area contributed by atoms with Crippen LogP contribution < -0.4 is 16.0 Å². The van der Waals surface area contributed by atoms with Crippen LogP contribution in [0.5, 0.6) is 0 Å². The van der Waals surface area contributed by atoms with Crippen molar-refractivity contribution in [1.82, 2.24) is 16.0 Å². The first kappa shape index (κ1) is 18.9. The van der Waals surface area contributed by atoms with Gasteiger partial charge in [0.1, 0.15) is 6.04 Å². The summed E-state index contributed by atoms with van der Waals surface area (Å²) < 4.78 is 0. The van der Waals surface area contributed by atoms with Gasteiger partial charge in [-0.15, -0.1) is 0 Å². The maximum absolute atomic E-state index is 12.0. The van der Waals surface area contributed by atoms with Crippen molar-refractivity contribution < 1.29 is 24.4 Å². The molecule has 9 heteroatoms. The molecule has 0 bridgehead atoms. The largest absolute Gasteiger partial charge is 0.475 e. The molecule has 0 unspecified atom stereocenters. The summed E-state index contributed by atoms with van der Waals surface area (Å²) in [7, 11) is -1.68. The van der Waals surface area contributed by atoms with E-state index in [1.54, 1.807) is 0 Å². The topological polar surface area (TPSA) is 128 Å². The SMILES string of the molecule is Cc1ccc(CC[C@H](NC(=O)CC[C@@H]2NC(=O)NC2=O)B(O)O)cc1. The maximum atomic E-state index is 12.0. The highest BCUT2D eigenvalue weighted by Gasteiger charge is 2.30. The molecule has 134 valence electrons. The summed E-state index contributed by atoms with van der Waals surface area (Å²) in [6, 6.07) is 6.55. The van der Waals surface area contributed by atoms with E-state index in [0.717, 1.165) is 11.1 Å². The molecule has 0 aliphatic carbocycles. The molecule has 1 heterocycles. The van der Waals surface area contributed by atoms with Gasteiger partial charge in [-0.25, -0.2) is 4.79 Å². The third-order valence-corrected chi connectivity index (χ3v) is 4.09. The van der Waals surface area contributed by atoms with Gasteiger partial charge < -0.3 is 20.7 Å². The minimum Gasteiger partial charge on any atom is -0.426 e. The quantitative estimate of drug-likeness (QED) is 0.317. The lowest BCUT2D eigenvalue weighted by molar-refractivity contribution is -0.122. The van der Waals surface area contributed by atoms with Crippen molar-refractivity contribution >= 4 is 25.0 Å². The van der Waals surface area contributed by atoms with E-state index in [4.69, 9.17) is 0 Å². The van der Waals surface area contributed by atoms with Crippen LogP contribution in [0.3, 0.4) is 0 Å². The van der Waals surface area contributed by atoms with Gasteiger partial charge in [-0.1, -0.05) is 29.8 Å². The summed E-state index contributed by atoms with van der Waals surface area (Å²) in [5, 5.41) is 26.0. The summed E-state index contributed by atoms with van der Waals surface area (Å²) in [5.74, 6) is -1.67. The fraction of sp³-hybridized carbons (Fsp3) is 0.438. The zero-order valence-corrected chi connectivity index (χ0v) is 14.0. The summed E-state index contributed by atoms with van der Waals surface area (Å²) in [4.78, 5) is 34.4. The van der Waals surface area contributed by atoms with E-state index in [-0.39, 0.29) is 12.8 Å². The van der Waals surface area contributed by atoms with E-state index in [0.29, 0.717) is 12.8 Å². The molecule has 2 atom stereocenters. The van der Waals surface area contributed by atoms with E-state index in [1.807, 2.05) is 31.2 Å². The van der Waals surface area contributed by atoms with E-state index in [1.165, 1.54) is 0 Å². The van der Waals surface area contributed by atoms with Crippen LogP contribution in [0.4, 0.5) is 4.79 Å². The Labute approximate surface area is 146 Å². The van der Waals surface area contributed by atoms with E-state index < -0.39 is 36.9 Å². The Morgan fingerprint density at radius 2 is 1.96 bits per heavy atom. The van der Waals surface area contributed by atoms with Crippen molar-refractivity contribution in [3.8, 4) is 0 Å². The number of amides is 4. The first-order valence-corrected chi connectivity index (χ1v) is 8.17. The predicted octanol–water partition coefficient (Wildman–Crippen LogP) is -0.587. The van der Waals surface area contributed by atoms with E-state index in [2.05, 4.69) is 16.0 Å². The standard InChI is InChI=1S/C16H22BN3O5/c1-10-2-4-11(5-3-10)6-8-13(17(24)25)19-14(21)9-7-12-15(22)20-16(23)18-12/h2-5,12-13,24-25H,6-9H2,1H3,(H,19,21)(H2,18,20,22,23)/t12-,13-/m0/s1. The maximum Gasteiger partial charge on any atom is 0.475 e. The summed E-state index contributed by atoms with van der Waals surface area (Å²) in [6.07, 6.45) is 1.10. The Bertz CT molecular complexity index is 635. The van der Waals surface area contributed by atoms with Gasteiger partial charge in [0.15, 0.2) is 0 Å². The molecule has 0 aromatic heterocycles. The zero-order chi connectivity index (χ0) is 18.4. The number of hydrogen-bond donors (Lipinski definition) is 5. The van der Waals surface area contributed by atoms with Gasteiger partial charge in [0.25, 0.3) is 5.91 Å². The summed E-state index contributed by atoms with van der Waals surface area (Å²) in [5.41, 5.74) is 2.18. The van der Waals surface area contributed by atoms with Gasteiger partial charge >= 0.3 is 13.1 Å². The minimum absolute atomic E-state index is 0.00782. The lowest BCUT2D eigenvalue weighted by Gasteiger charge is -2.18. The van der Waals surface area contributed by atoms with Gasteiger partial charge in [0, 0.05) is 6.42 Å². The molecule has 4 amide bonds. The number of nitrogens with one attached hydrogen (secondary N) is 3. The Morgan fingerprint density at radius 3 is 2.52 bits per heavy atom. The molecule has 1 aromatic rings. The second-order valence-corrected chi connectivity index (χ2v) is 6.17. The molecule has 5 N–H and O–H groups in total. The Balaban J connectivity index is 1.79. The average molecular weight is 347 g/mol. The minimum atomic E-state index is -1.68. The van der Waals surface area contributed by atoms with E-state index in [9.17, 15) is 24.4 Å². The highest BCUT2D eigenvalue weighted by atomic mass is 16.4. The number of hydrogen-bond acceptors (Lipinski definition) is 5. The molecular formula is C16H22BN3O5. The number of rotatable bonds is 8. The molecule has 1 aromatic carbocycles. The molecule has 25 heavy (non-hydrogen) atoms. The first-order valence-electron chi connectivity index (χ1n) is 8.17. The third-order valence-electron chi connectivity index (χ3n) is 4.09. The van der Waals surface area contributed by atoms with Crippen LogP contribution in [-0.2, 0) is 16.0 Å². The van der Waals surface area contributed by atoms with Crippen molar-refractivity contribution in [2.45, 2.75) is 44.6 Å². The average Bonchev–Trinajstić information content (AvgIpc) is 2.88. The van der Waals surface area contributed by atoms with Gasteiger partial charge in [0.2, 0.25) is 5.91 Å². The molecule has 8 nitrogen and oxygen atoms in total. The van der Waals surface area contributed by atoms with Crippen molar-refractivity contribution in [3.63, 3.8) is 0 Å². The molecule has 1 saturated heterocycles. The fourth-order valence-electron chi connectivity index (χ4n) is 2.59. The zero-order valence-electron chi connectivity index (χ0n) is 14.0. The predicted molar refractivity (Wildman–Crippen MR) is 91.3 cm³/mol. The number of urea groups is 1. The number of carbonyl (C=O) groups is 3. The molecule has 2 rings (SSSR count). The number of benzene rings is 1. The molecule has 1 aliphatic heterocycles. The second kappa shape index (κ2) is 8.64. The van der Waals surface area contributed by atoms with Crippen LogP contribution in [0.15, 0.2) is 24.3 Å². The Kier molecular flexibility index (Phi) is 6.54. The molecule has 0 spiro atoms. The third kappa shape index (κ3) is 5.88. The van der Waals surface area contributed by atoms with Crippen LogP contribution >= 0.6 is 0 Å². The normalized spacial score (nSPS) is 17.6. The van der Waals surface area contributed by atoms with Gasteiger partial charge in [-0.05, 0) is 31.7 Å². The smallest absolute Gasteiger partial charge is 0.426 e. The van der Waals surface area contributed by atoms with Gasteiger partial charge in [0.05, 0.1) is 5.94 Å². The van der Waals surface area contributed by atoms with Crippen LogP contribution in [0, 0.1) is 6.92 Å². The number of imide groups is 1. The molecule has 0 saturated carbocycles. The van der Waals surface area contributed by atoms with E-state index >= 15 is 0 Å². The Hall–Kier alpha value is -2.39. The Morgan fingerprint density at radius 1 is 1.28 bits per heavy atom. The lowest BCUT2D eigenvalue weighted by atomic mass is 9.76. The number of aryl methyl sites for hydroxylation is 2. The summed E-state index contributed by atoms with van der Waals surface area (Å²) >= 11 is 0. The molecule has 1 aliphatic rings. The van der Waals surface area contributed by atoms with Crippen molar-refractivity contribution in [2.75, 3.05) is 0 Å². The van der Waals surface area contributed by atoms with Crippen molar-refractivity contribution in [2.24, 2.45) is 0 Å². The highest BCUT2D eigenvalue weighted by molar-refractivity contribution is 6.43. The van der Waals surface area contributed by atoms with Crippen LogP contribution in [0.25, 0.3) is 0 Å². The number of carbonyl (C=O) groups excluding carboxylic acids is 3. The van der Waals surface area contributed by atoms with Crippen LogP contribution in [-0.4, -0.2) is 47.0 Å². The van der Waals surface area contributed by atoms with Crippen LogP contribution in [0.1, 0.15) is 30.4 Å². The second-order valence-electron chi connectivity index (χ2n) is 6.17.